The fraction of sp³-hybridized carbons (Fsp3) is 0.455. The highest BCUT2D eigenvalue weighted by Gasteiger charge is 2.44. The largest absolute Gasteiger partial charge is 1.00 e. The third-order valence-corrected chi connectivity index (χ3v) is 11.7. The molecule has 0 aromatic heterocycles. The zero-order chi connectivity index (χ0) is 23.7. The summed E-state index contributed by atoms with van der Waals surface area (Å²) in [5.41, 5.74) is 0. The molecular formula is C33H46BrP. The Kier molecular flexibility index (Phi) is 15.3. The van der Waals surface area contributed by atoms with Crippen LogP contribution in [0.4, 0.5) is 0 Å². The first-order valence-electron chi connectivity index (χ1n) is 13.9. The molecule has 0 spiro atoms. The minimum absolute atomic E-state index is 0. The molecule has 0 heterocycles. The normalized spacial score (nSPS) is 11.2. The summed E-state index contributed by atoms with van der Waals surface area (Å²) in [6.07, 6.45) is 19.6. The van der Waals surface area contributed by atoms with Gasteiger partial charge in [-0.2, -0.15) is 0 Å². The van der Waals surface area contributed by atoms with Crippen LogP contribution in [0.3, 0.4) is 0 Å². The SMILES string of the molecule is CCCCCCCCCCCCCCC[P+](c1ccccc1)(c1ccccc1)c1ccccc1.[Br-]. The summed E-state index contributed by atoms with van der Waals surface area (Å²) in [6.45, 7) is 2.30. The summed E-state index contributed by atoms with van der Waals surface area (Å²) in [6, 6.07) is 34.0. The molecule has 0 N–H and O–H groups in total. The molecule has 3 rings (SSSR count). The number of hydrogen-bond acceptors (Lipinski definition) is 0. The molecule has 0 fully saturated rings. The monoisotopic (exact) mass is 552 g/mol. The number of halogens is 1. The van der Waals surface area contributed by atoms with Crippen LogP contribution in [0.1, 0.15) is 90.4 Å². The van der Waals surface area contributed by atoms with Gasteiger partial charge < -0.3 is 17.0 Å². The van der Waals surface area contributed by atoms with E-state index in [1.165, 1.54) is 106 Å². The minimum Gasteiger partial charge on any atom is -1.00 e. The lowest BCUT2D eigenvalue weighted by atomic mass is 10.1. The Morgan fingerprint density at radius 1 is 0.400 bits per heavy atom. The maximum Gasteiger partial charge on any atom is 0.112 e. The van der Waals surface area contributed by atoms with E-state index in [0.29, 0.717) is 0 Å². The van der Waals surface area contributed by atoms with E-state index < -0.39 is 7.26 Å². The van der Waals surface area contributed by atoms with Crippen molar-refractivity contribution < 1.29 is 17.0 Å². The van der Waals surface area contributed by atoms with E-state index in [-0.39, 0.29) is 17.0 Å². The Morgan fingerprint density at radius 2 is 0.686 bits per heavy atom. The molecule has 3 aromatic rings. The van der Waals surface area contributed by atoms with Crippen LogP contribution in [-0.4, -0.2) is 6.16 Å². The van der Waals surface area contributed by atoms with Crippen LogP contribution in [0.5, 0.6) is 0 Å². The number of unbranched alkanes of at least 4 members (excludes halogenated alkanes) is 12. The Balaban J connectivity index is 0.00000432. The highest BCUT2D eigenvalue weighted by molar-refractivity contribution is 7.95. The van der Waals surface area contributed by atoms with E-state index in [1.807, 2.05) is 0 Å². The summed E-state index contributed by atoms with van der Waals surface area (Å²) in [5.74, 6) is 0. The van der Waals surface area contributed by atoms with Gasteiger partial charge in [-0.3, -0.25) is 0 Å². The van der Waals surface area contributed by atoms with Crippen LogP contribution >= 0.6 is 7.26 Å². The number of benzene rings is 3. The van der Waals surface area contributed by atoms with E-state index >= 15 is 0 Å². The summed E-state index contributed by atoms with van der Waals surface area (Å²) in [5, 5.41) is 4.56. The Bertz CT molecular complexity index is 782. The van der Waals surface area contributed by atoms with E-state index in [0.717, 1.165) is 0 Å². The Hall–Kier alpha value is -1.43. The molecule has 0 saturated heterocycles. The van der Waals surface area contributed by atoms with Gasteiger partial charge in [0, 0.05) is 0 Å². The van der Waals surface area contributed by atoms with Crippen molar-refractivity contribution in [1.29, 1.82) is 0 Å². The van der Waals surface area contributed by atoms with E-state index in [4.69, 9.17) is 0 Å². The molecule has 190 valence electrons. The van der Waals surface area contributed by atoms with E-state index in [1.54, 1.807) is 0 Å². The van der Waals surface area contributed by atoms with Crippen molar-refractivity contribution in [3.8, 4) is 0 Å². The fourth-order valence-electron chi connectivity index (χ4n) is 5.25. The smallest absolute Gasteiger partial charge is 0.112 e. The van der Waals surface area contributed by atoms with Gasteiger partial charge in [0.25, 0.3) is 0 Å². The third kappa shape index (κ3) is 9.51. The second kappa shape index (κ2) is 17.9. The van der Waals surface area contributed by atoms with Gasteiger partial charge in [-0.15, -0.1) is 0 Å². The third-order valence-electron chi connectivity index (χ3n) is 7.19. The molecule has 0 unspecified atom stereocenters. The van der Waals surface area contributed by atoms with Crippen molar-refractivity contribution in [2.75, 3.05) is 6.16 Å². The number of rotatable bonds is 17. The van der Waals surface area contributed by atoms with Crippen LogP contribution < -0.4 is 32.9 Å². The zero-order valence-electron chi connectivity index (χ0n) is 21.9. The Morgan fingerprint density at radius 3 is 1.00 bits per heavy atom. The highest BCUT2D eigenvalue weighted by Crippen LogP contribution is 2.55. The molecule has 35 heavy (non-hydrogen) atoms. The summed E-state index contributed by atoms with van der Waals surface area (Å²) in [4.78, 5) is 0. The van der Waals surface area contributed by atoms with Gasteiger partial charge in [-0.25, -0.2) is 0 Å². The van der Waals surface area contributed by atoms with E-state index in [9.17, 15) is 0 Å². The maximum absolute atomic E-state index is 2.37. The van der Waals surface area contributed by atoms with Crippen molar-refractivity contribution in [3.63, 3.8) is 0 Å². The predicted octanol–water partition coefficient (Wildman–Crippen LogP) is 6.08. The molecule has 0 bridgehead atoms. The molecule has 2 heteroatoms. The van der Waals surface area contributed by atoms with Gasteiger partial charge in [0.05, 0.1) is 6.16 Å². The van der Waals surface area contributed by atoms with Crippen molar-refractivity contribution >= 4 is 23.2 Å². The van der Waals surface area contributed by atoms with Gasteiger partial charge >= 0.3 is 0 Å². The fourth-order valence-corrected chi connectivity index (χ4v) is 9.66. The van der Waals surface area contributed by atoms with Gasteiger partial charge in [-0.05, 0) is 49.2 Å². The van der Waals surface area contributed by atoms with Gasteiger partial charge in [0.15, 0.2) is 0 Å². The average molecular weight is 554 g/mol. The molecule has 0 saturated carbocycles. The molecule has 3 aromatic carbocycles. The summed E-state index contributed by atoms with van der Waals surface area (Å²) >= 11 is 0. The predicted molar refractivity (Wildman–Crippen MR) is 156 cm³/mol. The molecule has 0 aliphatic heterocycles. The van der Waals surface area contributed by atoms with Crippen LogP contribution in [0, 0.1) is 0 Å². The van der Waals surface area contributed by atoms with Crippen LogP contribution in [0.2, 0.25) is 0 Å². The van der Waals surface area contributed by atoms with Gasteiger partial charge in [0.2, 0.25) is 0 Å². The van der Waals surface area contributed by atoms with Crippen molar-refractivity contribution in [3.05, 3.63) is 91.0 Å². The molecule has 0 nitrogen and oxygen atoms in total. The topological polar surface area (TPSA) is 0 Å². The van der Waals surface area contributed by atoms with Gasteiger partial charge in [0.1, 0.15) is 23.2 Å². The highest BCUT2D eigenvalue weighted by atomic mass is 79.9. The van der Waals surface area contributed by atoms with Crippen LogP contribution in [-0.2, 0) is 0 Å². The average Bonchev–Trinajstić information content (AvgIpc) is 2.91. The Labute approximate surface area is 227 Å². The zero-order valence-corrected chi connectivity index (χ0v) is 24.4. The minimum atomic E-state index is -1.64. The van der Waals surface area contributed by atoms with Crippen molar-refractivity contribution in [2.24, 2.45) is 0 Å². The lowest BCUT2D eigenvalue weighted by Gasteiger charge is -2.27. The van der Waals surface area contributed by atoms with Crippen LogP contribution in [0.25, 0.3) is 0 Å². The number of hydrogen-bond donors (Lipinski definition) is 0. The summed E-state index contributed by atoms with van der Waals surface area (Å²) in [7, 11) is -1.64. The lowest BCUT2D eigenvalue weighted by Crippen LogP contribution is -3.00. The molecular weight excluding hydrogens is 507 g/mol. The van der Waals surface area contributed by atoms with Crippen molar-refractivity contribution in [2.45, 2.75) is 90.4 Å². The first-order valence-corrected chi connectivity index (χ1v) is 15.9. The van der Waals surface area contributed by atoms with Gasteiger partial charge in [-0.1, -0.05) is 132 Å². The second-order valence-corrected chi connectivity index (χ2v) is 13.4. The lowest BCUT2D eigenvalue weighted by molar-refractivity contribution is -0.00000696. The molecule has 0 amide bonds. The van der Waals surface area contributed by atoms with Crippen LogP contribution in [0.15, 0.2) is 91.0 Å². The molecule has 0 aliphatic rings. The standard InChI is InChI=1S/C33H46P.BrH/c1-2-3-4-5-6-7-8-9-10-11-12-13-23-30-34(31-24-17-14-18-25-31,32-26-19-15-20-27-32)33-28-21-16-22-29-33;/h14-22,24-29H,2-13,23,30H2,1H3;1H/q+1;/p-1. The maximum atomic E-state index is 2.37. The summed E-state index contributed by atoms with van der Waals surface area (Å²) < 4.78 is 0. The van der Waals surface area contributed by atoms with Crippen molar-refractivity contribution in [1.82, 2.24) is 0 Å². The molecule has 0 radical (unpaired) electrons. The molecule has 0 aliphatic carbocycles. The first-order chi connectivity index (χ1) is 16.9. The first kappa shape index (κ1) is 29.8. The van der Waals surface area contributed by atoms with E-state index in [2.05, 4.69) is 97.9 Å². The quantitative estimate of drug-likeness (QED) is 0.141. The molecule has 0 atom stereocenters. The second-order valence-electron chi connectivity index (χ2n) is 9.78.